The van der Waals surface area contributed by atoms with Crippen molar-refractivity contribution in [3.8, 4) is 6.07 Å². The Bertz CT molecular complexity index is 509. The van der Waals surface area contributed by atoms with Gasteiger partial charge in [0.1, 0.15) is 0 Å². The summed E-state index contributed by atoms with van der Waals surface area (Å²) in [5, 5.41) is 20.6. The van der Waals surface area contributed by atoms with Gasteiger partial charge in [0, 0.05) is 5.69 Å². The molecule has 6 nitrogen and oxygen atoms in total. The first-order chi connectivity index (χ1) is 9.63. The van der Waals surface area contributed by atoms with Crippen molar-refractivity contribution in [3.63, 3.8) is 0 Å². The lowest BCUT2D eigenvalue weighted by Gasteiger charge is -2.37. The summed E-state index contributed by atoms with van der Waals surface area (Å²) in [6.45, 7) is 2.56. The first-order valence-electron chi connectivity index (χ1n) is 6.44. The van der Waals surface area contributed by atoms with Gasteiger partial charge >= 0.3 is 6.03 Å². The molecule has 6 heteroatoms. The maximum absolute atomic E-state index is 12.2. The average molecular weight is 275 g/mol. The van der Waals surface area contributed by atoms with Crippen LogP contribution in [0.25, 0.3) is 0 Å². The van der Waals surface area contributed by atoms with Crippen molar-refractivity contribution < 1.29 is 14.6 Å². The van der Waals surface area contributed by atoms with Gasteiger partial charge in [-0.25, -0.2) is 4.79 Å². The summed E-state index contributed by atoms with van der Waals surface area (Å²) in [6, 6.07) is 8.41. The molecule has 1 aromatic rings. The highest BCUT2D eigenvalue weighted by molar-refractivity contribution is 5.89. The second-order valence-electron chi connectivity index (χ2n) is 4.76. The second-order valence-corrected chi connectivity index (χ2v) is 4.76. The number of rotatable bonds is 2. The predicted molar refractivity (Wildman–Crippen MR) is 73.2 cm³/mol. The number of carbonyl (C=O) groups is 1. The molecule has 2 unspecified atom stereocenters. The van der Waals surface area contributed by atoms with E-state index in [2.05, 4.69) is 5.32 Å². The molecule has 2 rings (SSSR count). The van der Waals surface area contributed by atoms with E-state index in [4.69, 9.17) is 15.1 Å². The molecule has 20 heavy (non-hydrogen) atoms. The van der Waals surface area contributed by atoms with Gasteiger partial charge in [0.05, 0.1) is 43.5 Å². The van der Waals surface area contributed by atoms with Crippen LogP contribution in [0.2, 0.25) is 0 Å². The molecule has 1 aromatic carbocycles. The van der Waals surface area contributed by atoms with E-state index in [-0.39, 0.29) is 24.8 Å². The number of nitrogens with one attached hydrogen (secondary N) is 1. The Morgan fingerprint density at radius 2 is 2.25 bits per heavy atom. The van der Waals surface area contributed by atoms with Crippen molar-refractivity contribution in [2.24, 2.45) is 0 Å². The van der Waals surface area contributed by atoms with Crippen LogP contribution in [-0.4, -0.2) is 47.9 Å². The molecule has 2 atom stereocenters. The number of amides is 2. The van der Waals surface area contributed by atoms with Crippen molar-refractivity contribution >= 4 is 11.7 Å². The van der Waals surface area contributed by atoms with Crippen LogP contribution in [0, 0.1) is 11.3 Å². The Morgan fingerprint density at radius 1 is 1.55 bits per heavy atom. The Labute approximate surface area is 117 Å². The largest absolute Gasteiger partial charge is 0.394 e. The van der Waals surface area contributed by atoms with Gasteiger partial charge in [-0.3, -0.25) is 0 Å². The van der Waals surface area contributed by atoms with E-state index < -0.39 is 0 Å². The molecule has 1 aliphatic rings. The fourth-order valence-electron chi connectivity index (χ4n) is 2.03. The van der Waals surface area contributed by atoms with Gasteiger partial charge in [-0.2, -0.15) is 5.26 Å². The molecule has 2 N–H and O–H groups in total. The van der Waals surface area contributed by atoms with Crippen LogP contribution in [0.15, 0.2) is 24.3 Å². The zero-order valence-electron chi connectivity index (χ0n) is 11.2. The normalized spacial score (nSPS) is 22.1. The summed E-state index contributed by atoms with van der Waals surface area (Å²) in [7, 11) is 0. The third-order valence-corrected chi connectivity index (χ3v) is 3.24. The highest BCUT2D eigenvalue weighted by Crippen LogP contribution is 2.15. The van der Waals surface area contributed by atoms with E-state index in [1.165, 1.54) is 0 Å². The number of hydrogen-bond acceptors (Lipinski definition) is 4. The molecule has 0 aliphatic carbocycles. The van der Waals surface area contributed by atoms with Gasteiger partial charge in [0.15, 0.2) is 0 Å². The molecular weight excluding hydrogens is 258 g/mol. The molecule has 0 saturated carbocycles. The fraction of sp³-hybridized carbons (Fsp3) is 0.429. The van der Waals surface area contributed by atoms with Crippen LogP contribution in [-0.2, 0) is 4.74 Å². The summed E-state index contributed by atoms with van der Waals surface area (Å²) >= 11 is 0. The SMILES string of the molecule is CC1COC(CO)CN1C(=O)Nc1ccc(C#N)cc1. The molecule has 0 bridgehead atoms. The predicted octanol–water partition coefficient (Wildman–Crippen LogP) is 1.17. The smallest absolute Gasteiger partial charge is 0.322 e. The zero-order valence-corrected chi connectivity index (χ0v) is 11.2. The van der Waals surface area contributed by atoms with Gasteiger partial charge in [0.2, 0.25) is 0 Å². The van der Waals surface area contributed by atoms with Gasteiger partial charge in [-0.1, -0.05) is 0 Å². The summed E-state index contributed by atoms with van der Waals surface area (Å²) < 4.78 is 5.39. The first kappa shape index (κ1) is 14.3. The van der Waals surface area contributed by atoms with Crippen LogP contribution in [0.5, 0.6) is 0 Å². The van der Waals surface area contributed by atoms with Crippen LogP contribution in [0.3, 0.4) is 0 Å². The van der Waals surface area contributed by atoms with Gasteiger partial charge in [-0.05, 0) is 31.2 Å². The minimum absolute atomic E-state index is 0.0452. The minimum Gasteiger partial charge on any atom is -0.394 e. The minimum atomic E-state index is -0.335. The van der Waals surface area contributed by atoms with Gasteiger partial charge < -0.3 is 20.1 Å². The van der Waals surface area contributed by atoms with E-state index in [0.717, 1.165) is 0 Å². The van der Waals surface area contributed by atoms with E-state index in [9.17, 15) is 4.79 Å². The topological polar surface area (TPSA) is 85.6 Å². The Balaban J connectivity index is 2.01. The average Bonchev–Trinajstić information content (AvgIpc) is 2.48. The molecule has 106 valence electrons. The van der Waals surface area contributed by atoms with Crippen molar-refractivity contribution in [1.29, 1.82) is 5.26 Å². The monoisotopic (exact) mass is 275 g/mol. The number of morpholine rings is 1. The quantitative estimate of drug-likeness (QED) is 0.848. The van der Waals surface area contributed by atoms with Crippen LogP contribution >= 0.6 is 0 Å². The number of benzene rings is 1. The third kappa shape index (κ3) is 3.26. The first-order valence-corrected chi connectivity index (χ1v) is 6.44. The number of carbonyl (C=O) groups excluding carboxylic acids is 1. The summed E-state index contributed by atoms with van der Waals surface area (Å²) in [5.74, 6) is 0. The highest BCUT2D eigenvalue weighted by Gasteiger charge is 2.29. The lowest BCUT2D eigenvalue weighted by molar-refractivity contribution is -0.0611. The standard InChI is InChI=1S/C14H17N3O3/c1-10-9-20-13(8-18)7-17(10)14(19)16-12-4-2-11(6-15)3-5-12/h2-5,10,13,18H,7-9H2,1H3,(H,16,19). The maximum atomic E-state index is 12.2. The van der Waals surface area contributed by atoms with Crippen molar-refractivity contribution in [1.82, 2.24) is 4.90 Å². The third-order valence-electron chi connectivity index (χ3n) is 3.24. The van der Waals surface area contributed by atoms with Crippen molar-refractivity contribution in [2.75, 3.05) is 25.1 Å². The Kier molecular flexibility index (Phi) is 4.56. The molecule has 1 fully saturated rings. The molecule has 2 amide bonds. The van der Waals surface area contributed by atoms with E-state index >= 15 is 0 Å². The number of nitrogens with zero attached hydrogens (tertiary/aromatic N) is 2. The van der Waals surface area contributed by atoms with Crippen LogP contribution < -0.4 is 5.32 Å². The molecule has 1 saturated heterocycles. The van der Waals surface area contributed by atoms with Crippen molar-refractivity contribution in [2.45, 2.75) is 19.1 Å². The number of nitriles is 1. The molecule has 0 spiro atoms. The van der Waals surface area contributed by atoms with E-state index in [0.29, 0.717) is 24.4 Å². The summed E-state index contributed by atoms with van der Waals surface area (Å²) in [4.78, 5) is 13.8. The molecule has 1 heterocycles. The molecule has 0 aromatic heterocycles. The summed E-state index contributed by atoms with van der Waals surface area (Å²) in [6.07, 6.45) is -0.335. The zero-order chi connectivity index (χ0) is 14.5. The summed E-state index contributed by atoms with van der Waals surface area (Å²) in [5.41, 5.74) is 1.18. The molecular formula is C14H17N3O3. The maximum Gasteiger partial charge on any atom is 0.322 e. The van der Waals surface area contributed by atoms with Crippen LogP contribution in [0.4, 0.5) is 10.5 Å². The number of aliphatic hydroxyl groups is 1. The van der Waals surface area contributed by atoms with E-state index in [1.54, 1.807) is 29.2 Å². The lowest BCUT2D eigenvalue weighted by atomic mass is 10.2. The lowest BCUT2D eigenvalue weighted by Crippen LogP contribution is -2.53. The fourth-order valence-corrected chi connectivity index (χ4v) is 2.03. The van der Waals surface area contributed by atoms with Crippen molar-refractivity contribution in [3.05, 3.63) is 29.8 Å². The number of anilines is 1. The van der Waals surface area contributed by atoms with Gasteiger partial charge in [-0.15, -0.1) is 0 Å². The number of urea groups is 1. The Morgan fingerprint density at radius 3 is 2.85 bits per heavy atom. The number of aliphatic hydroxyl groups excluding tert-OH is 1. The Hall–Kier alpha value is -2.10. The van der Waals surface area contributed by atoms with Gasteiger partial charge in [0.25, 0.3) is 0 Å². The van der Waals surface area contributed by atoms with E-state index in [1.807, 2.05) is 13.0 Å². The number of hydrogen-bond donors (Lipinski definition) is 2. The molecule has 0 radical (unpaired) electrons. The number of ether oxygens (including phenoxy) is 1. The molecule has 1 aliphatic heterocycles. The highest BCUT2D eigenvalue weighted by atomic mass is 16.5. The second kappa shape index (κ2) is 6.37. The van der Waals surface area contributed by atoms with Crippen LogP contribution in [0.1, 0.15) is 12.5 Å².